The number of halogens is 1. The van der Waals surface area contributed by atoms with E-state index < -0.39 is 0 Å². The van der Waals surface area contributed by atoms with Crippen molar-refractivity contribution in [1.82, 2.24) is 9.97 Å². The maximum Gasteiger partial charge on any atom is 0.227 e. The Morgan fingerprint density at radius 1 is 1.24 bits per heavy atom. The normalized spacial score (nSPS) is 10.5. The van der Waals surface area contributed by atoms with Gasteiger partial charge in [0.25, 0.3) is 0 Å². The lowest BCUT2D eigenvalue weighted by atomic mass is 10.1. The largest absolute Gasteiger partial charge is 0.439 e. The molecular weight excluding hydrogens is 330 g/mol. The quantitative estimate of drug-likeness (QED) is 0.819. The fourth-order valence-electron chi connectivity index (χ4n) is 2.07. The molecule has 1 N–H and O–H groups in total. The monoisotopic (exact) mass is 349 g/mol. The topological polar surface area (TPSA) is 47.0 Å². The number of benzene rings is 1. The van der Waals surface area contributed by atoms with Gasteiger partial charge in [0.1, 0.15) is 17.9 Å². The Kier molecular flexibility index (Phi) is 5.56. The van der Waals surface area contributed by atoms with Gasteiger partial charge in [-0.05, 0) is 44.0 Å². The van der Waals surface area contributed by atoms with Gasteiger partial charge in [-0.1, -0.05) is 29.3 Å². The van der Waals surface area contributed by atoms with Gasteiger partial charge in [0.15, 0.2) is 0 Å². The summed E-state index contributed by atoms with van der Waals surface area (Å²) in [5.74, 6) is 2.27. The third-order valence-corrected chi connectivity index (χ3v) is 3.98. The fraction of sp³-hybridized carbons (Fsp3) is 0.375. The first kappa shape index (κ1) is 15.8. The van der Waals surface area contributed by atoms with Gasteiger partial charge in [-0.2, -0.15) is 0 Å². The zero-order valence-electron chi connectivity index (χ0n) is 12.6. The van der Waals surface area contributed by atoms with Crippen LogP contribution in [-0.4, -0.2) is 16.5 Å². The third-order valence-electron chi connectivity index (χ3n) is 3.09. The second-order valence-electron chi connectivity index (χ2n) is 4.80. The molecule has 5 heteroatoms. The van der Waals surface area contributed by atoms with Crippen LogP contribution < -0.4 is 10.1 Å². The van der Waals surface area contributed by atoms with Gasteiger partial charge < -0.3 is 10.1 Å². The van der Waals surface area contributed by atoms with Crippen molar-refractivity contribution in [3.05, 3.63) is 40.1 Å². The van der Waals surface area contributed by atoms with Crippen LogP contribution in [0.15, 0.2) is 29.0 Å². The van der Waals surface area contributed by atoms with Gasteiger partial charge in [-0.15, -0.1) is 0 Å². The average molecular weight is 350 g/mol. The van der Waals surface area contributed by atoms with Gasteiger partial charge in [0.05, 0.1) is 5.56 Å². The molecule has 0 aliphatic rings. The van der Waals surface area contributed by atoms with E-state index in [4.69, 9.17) is 4.74 Å². The summed E-state index contributed by atoms with van der Waals surface area (Å²) in [5, 5.41) is 3.27. The first-order valence-electron chi connectivity index (χ1n) is 7.17. The number of hydrogen-bond acceptors (Lipinski definition) is 4. The summed E-state index contributed by atoms with van der Waals surface area (Å²) in [4.78, 5) is 8.61. The average Bonchev–Trinajstić information content (AvgIpc) is 2.46. The highest BCUT2D eigenvalue weighted by atomic mass is 79.9. The van der Waals surface area contributed by atoms with Crippen molar-refractivity contribution in [3.63, 3.8) is 0 Å². The summed E-state index contributed by atoms with van der Waals surface area (Å²) >= 11 is 3.50. The predicted molar refractivity (Wildman–Crippen MR) is 89.1 cm³/mol. The molecule has 2 aromatic rings. The van der Waals surface area contributed by atoms with E-state index in [2.05, 4.69) is 45.1 Å². The Balaban J connectivity index is 2.33. The molecule has 0 amide bonds. The molecule has 0 fully saturated rings. The number of rotatable bonds is 6. The van der Waals surface area contributed by atoms with E-state index in [0.29, 0.717) is 5.88 Å². The van der Waals surface area contributed by atoms with Gasteiger partial charge in [0, 0.05) is 11.0 Å². The fourth-order valence-corrected chi connectivity index (χ4v) is 2.32. The highest BCUT2D eigenvalue weighted by Crippen LogP contribution is 2.30. The number of nitrogens with one attached hydrogen (secondary N) is 1. The van der Waals surface area contributed by atoms with Crippen molar-refractivity contribution >= 4 is 21.7 Å². The summed E-state index contributed by atoms with van der Waals surface area (Å²) in [6.07, 6.45) is 3.44. The van der Waals surface area contributed by atoms with E-state index in [1.54, 1.807) is 0 Å². The summed E-state index contributed by atoms with van der Waals surface area (Å²) in [6.45, 7) is 7.05. The van der Waals surface area contributed by atoms with Crippen molar-refractivity contribution in [1.29, 1.82) is 0 Å². The van der Waals surface area contributed by atoms with E-state index in [1.807, 2.05) is 25.1 Å². The number of aromatic nitrogens is 2. The maximum atomic E-state index is 5.97. The van der Waals surface area contributed by atoms with Crippen molar-refractivity contribution in [2.24, 2.45) is 0 Å². The Morgan fingerprint density at radius 2 is 2.05 bits per heavy atom. The zero-order chi connectivity index (χ0) is 15.2. The van der Waals surface area contributed by atoms with Gasteiger partial charge in [0.2, 0.25) is 5.88 Å². The van der Waals surface area contributed by atoms with Crippen LogP contribution in [-0.2, 0) is 6.42 Å². The Labute approximate surface area is 134 Å². The van der Waals surface area contributed by atoms with Crippen LogP contribution in [0, 0.1) is 6.92 Å². The molecule has 4 nitrogen and oxygen atoms in total. The molecule has 0 atom stereocenters. The molecule has 1 heterocycles. The van der Waals surface area contributed by atoms with Crippen LogP contribution in [0.25, 0.3) is 0 Å². The molecule has 21 heavy (non-hydrogen) atoms. The van der Waals surface area contributed by atoms with E-state index in [9.17, 15) is 0 Å². The molecule has 1 aromatic carbocycles. The minimum atomic E-state index is 0.629. The summed E-state index contributed by atoms with van der Waals surface area (Å²) < 4.78 is 7.04. The lowest BCUT2D eigenvalue weighted by Crippen LogP contribution is -2.06. The first-order chi connectivity index (χ1) is 10.2. The second-order valence-corrected chi connectivity index (χ2v) is 5.65. The van der Waals surface area contributed by atoms with Crippen molar-refractivity contribution in [2.75, 3.05) is 11.9 Å². The number of nitrogens with zero attached hydrogens (tertiary/aromatic N) is 2. The van der Waals surface area contributed by atoms with E-state index in [1.165, 1.54) is 6.33 Å². The molecule has 0 spiro atoms. The second kappa shape index (κ2) is 7.41. The molecular formula is C16H20BrN3O. The molecule has 0 bridgehead atoms. The first-order valence-corrected chi connectivity index (χ1v) is 7.96. The SMILES string of the molecule is CCCc1c(NCC)ncnc1Oc1ccc(Br)c(C)c1. The van der Waals surface area contributed by atoms with Gasteiger partial charge in [-0.3, -0.25) is 0 Å². The molecule has 112 valence electrons. The molecule has 0 saturated heterocycles. The highest BCUT2D eigenvalue weighted by Gasteiger charge is 2.12. The van der Waals surface area contributed by atoms with Crippen molar-refractivity contribution < 1.29 is 4.74 Å². The third kappa shape index (κ3) is 3.94. The van der Waals surface area contributed by atoms with E-state index in [0.717, 1.165) is 46.6 Å². The number of aryl methyl sites for hydroxylation is 1. The molecule has 2 rings (SSSR count). The maximum absolute atomic E-state index is 5.97. The molecule has 0 aliphatic carbocycles. The molecule has 0 saturated carbocycles. The number of hydrogen-bond donors (Lipinski definition) is 1. The van der Waals surface area contributed by atoms with E-state index >= 15 is 0 Å². The van der Waals surface area contributed by atoms with Crippen LogP contribution in [0.1, 0.15) is 31.4 Å². The summed E-state index contributed by atoms with van der Waals surface area (Å²) in [6, 6.07) is 5.91. The molecule has 1 aromatic heterocycles. The van der Waals surface area contributed by atoms with Crippen LogP contribution in [0.2, 0.25) is 0 Å². The number of anilines is 1. The standard InChI is InChI=1S/C16H20BrN3O/c1-4-6-13-15(18-5-2)19-10-20-16(13)21-12-7-8-14(17)11(3)9-12/h7-10H,4-6H2,1-3H3,(H,18,19,20). The highest BCUT2D eigenvalue weighted by molar-refractivity contribution is 9.10. The predicted octanol–water partition coefficient (Wildman–Crippen LogP) is 4.72. The Bertz CT molecular complexity index is 616. The van der Waals surface area contributed by atoms with Crippen LogP contribution in [0.5, 0.6) is 11.6 Å². The lowest BCUT2D eigenvalue weighted by molar-refractivity contribution is 0.454. The molecule has 0 unspecified atom stereocenters. The summed E-state index contributed by atoms with van der Waals surface area (Å²) in [5.41, 5.74) is 2.16. The van der Waals surface area contributed by atoms with E-state index in [-0.39, 0.29) is 0 Å². The zero-order valence-corrected chi connectivity index (χ0v) is 14.2. The molecule has 0 aliphatic heterocycles. The lowest BCUT2D eigenvalue weighted by Gasteiger charge is -2.14. The smallest absolute Gasteiger partial charge is 0.227 e. The summed E-state index contributed by atoms with van der Waals surface area (Å²) in [7, 11) is 0. The van der Waals surface area contributed by atoms with Crippen molar-refractivity contribution in [2.45, 2.75) is 33.6 Å². The van der Waals surface area contributed by atoms with Gasteiger partial charge >= 0.3 is 0 Å². The number of ether oxygens (including phenoxy) is 1. The van der Waals surface area contributed by atoms with Crippen LogP contribution in [0.3, 0.4) is 0 Å². The Hall–Kier alpha value is -1.62. The van der Waals surface area contributed by atoms with Crippen LogP contribution in [0.4, 0.5) is 5.82 Å². The van der Waals surface area contributed by atoms with Crippen molar-refractivity contribution in [3.8, 4) is 11.6 Å². The minimum Gasteiger partial charge on any atom is -0.439 e. The molecule has 0 radical (unpaired) electrons. The van der Waals surface area contributed by atoms with Crippen LogP contribution >= 0.6 is 15.9 Å². The minimum absolute atomic E-state index is 0.629. The Morgan fingerprint density at radius 3 is 2.71 bits per heavy atom. The van der Waals surface area contributed by atoms with Gasteiger partial charge in [-0.25, -0.2) is 9.97 Å².